The van der Waals surface area contributed by atoms with Crippen molar-refractivity contribution in [3.8, 4) is 5.75 Å². The van der Waals surface area contributed by atoms with Crippen LogP contribution in [0.25, 0.3) is 0 Å². The molecule has 4 nitrogen and oxygen atoms in total. The lowest BCUT2D eigenvalue weighted by Gasteiger charge is -2.08. The molecule has 0 aliphatic rings. The number of hydrazone groups is 1. The molecular formula is C16H11Cl2F3N2O2. The predicted molar refractivity (Wildman–Crippen MR) is 89.2 cm³/mol. The van der Waals surface area contributed by atoms with Gasteiger partial charge in [-0.05, 0) is 43.3 Å². The number of phenols is 1. The van der Waals surface area contributed by atoms with E-state index in [0.717, 1.165) is 24.3 Å². The molecule has 0 aromatic heterocycles. The van der Waals surface area contributed by atoms with Crippen molar-refractivity contribution < 1.29 is 23.1 Å². The van der Waals surface area contributed by atoms with Crippen molar-refractivity contribution >= 4 is 34.8 Å². The van der Waals surface area contributed by atoms with Crippen LogP contribution in [0.15, 0.2) is 41.5 Å². The van der Waals surface area contributed by atoms with Gasteiger partial charge >= 0.3 is 6.18 Å². The van der Waals surface area contributed by atoms with Crippen molar-refractivity contribution in [2.45, 2.75) is 13.1 Å². The van der Waals surface area contributed by atoms with Gasteiger partial charge in [-0.2, -0.15) is 18.3 Å². The second-order valence-electron chi connectivity index (χ2n) is 5.00. The highest BCUT2D eigenvalue weighted by Gasteiger charge is 2.30. The van der Waals surface area contributed by atoms with Crippen molar-refractivity contribution in [1.82, 2.24) is 5.43 Å². The van der Waals surface area contributed by atoms with E-state index in [1.54, 1.807) is 0 Å². The minimum Gasteiger partial charge on any atom is -0.506 e. The van der Waals surface area contributed by atoms with Crippen LogP contribution in [0.3, 0.4) is 0 Å². The number of amides is 1. The molecule has 0 aliphatic heterocycles. The number of benzene rings is 2. The van der Waals surface area contributed by atoms with Crippen molar-refractivity contribution in [3.05, 3.63) is 63.1 Å². The summed E-state index contributed by atoms with van der Waals surface area (Å²) in [5.74, 6) is -0.961. The van der Waals surface area contributed by atoms with Crippen LogP contribution >= 0.6 is 23.2 Å². The lowest BCUT2D eigenvalue weighted by molar-refractivity contribution is -0.137. The van der Waals surface area contributed by atoms with Crippen molar-refractivity contribution in [1.29, 1.82) is 0 Å². The number of carbonyl (C=O) groups excluding carboxylic acids is 1. The summed E-state index contributed by atoms with van der Waals surface area (Å²) in [5.41, 5.74) is 1.75. The van der Waals surface area contributed by atoms with E-state index in [4.69, 9.17) is 23.2 Å². The molecule has 132 valence electrons. The molecule has 25 heavy (non-hydrogen) atoms. The van der Waals surface area contributed by atoms with Crippen molar-refractivity contribution in [2.75, 3.05) is 0 Å². The maximum absolute atomic E-state index is 12.5. The Morgan fingerprint density at radius 2 is 1.76 bits per heavy atom. The summed E-state index contributed by atoms with van der Waals surface area (Å²) in [4.78, 5) is 11.9. The molecule has 0 saturated carbocycles. The summed E-state index contributed by atoms with van der Waals surface area (Å²) in [6.45, 7) is 1.49. The molecule has 2 N–H and O–H groups in total. The van der Waals surface area contributed by atoms with Crippen LogP contribution in [-0.4, -0.2) is 16.7 Å². The molecule has 0 spiro atoms. The number of aromatic hydroxyl groups is 1. The first-order chi connectivity index (χ1) is 11.6. The number of carbonyl (C=O) groups is 1. The van der Waals surface area contributed by atoms with Gasteiger partial charge in [0.1, 0.15) is 5.75 Å². The maximum Gasteiger partial charge on any atom is 0.416 e. The first kappa shape index (κ1) is 19.1. The molecule has 2 rings (SSSR count). The van der Waals surface area contributed by atoms with Gasteiger partial charge in [-0.1, -0.05) is 23.2 Å². The van der Waals surface area contributed by atoms with Crippen LogP contribution in [0.4, 0.5) is 13.2 Å². The number of alkyl halides is 3. The molecule has 0 aliphatic carbocycles. The standard InChI is InChI=1S/C16H11Cl2F3N2O2/c1-8(12-6-11(17)7-13(18)14(12)24)22-23-15(25)9-2-4-10(5-3-9)16(19,20)21/h2-7,24H,1H3,(H,23,25)/b22-8+. The average Bonchev–Trinajstić information content (AvgIpc) is 2.55. The topological polar surface area (TPSA) is 61.7 Å². The fourth-order valence-corrected chi connectivity index (χ4v) is 2.41. The smallest absolute Gasteiger partial charge is 0.416 e. The molecule has 0 bridgehead atoms. The highest BCUT2D eigenvalue weighted by atomic mass is 35.5. The lowest BCUT2D eigenvalue weighted by atomic mass is 10.1. The molecule has 0 atom stereocenters. The van der Waals surface area contributed by atoms with Crippen LogP contribution in [0.2, 0.25) is 10.0 Å². The number of hydrogen-bond acceptors (Lipinski definition) is 3. The van der Waals surface area contributed by atoms with Crippen LogP contribution < -0.4 is 5.43 Å². The van der Waals surface area contributed by atoms with E-state index < -0.39 is 17.6 Å². The molecule has 2 aromatic carbocycles. The first-order valence-corrected chi connectivity index (χ1v) is 7.55. The zero-order valence-electron chi connectivity index (χ0n) is 12.7. The Kier molecular flexibility index (Phi) is 5.59. The highest BCUT2D eigenvalue weighted by Crippen LogP contribution is 2.31. The highest BCUT2D eigenvalue weighted by molar-refractivity contribution is 6.36. The number of nitrogens with zero attached hydrogens (tertiary/aromatic N) is 1. The first-order valence-electron chi connectivity index (χ1n) is 6.80. The van der Waals surface area contributed by atoms with Gasteiger partial charge in [-0.3, -0.25) is 4.79 Å². The average molecular weight is 391 g/mol. The number of rotatable bonds is 3. The minimum atomic E-state index is -4.48. The summed E-state index contributed by atoms with van der Waals surface area (Å²) in [6.07, 6.45) is -4.48. The third-order valence-corrected chi connectivity index (χ3v) is 3.72. The second-order valence-corrected chi connectivity index (χ2v) is 5.84. The lowest BCUT2D eigenvalue weighted by Crippen LogP contribution is -2.19. The van der Waals surface area contributed by atoms with Crippen LogP contribution in [0.5, 0.6) is 5.75 Å². The predicted octanol–water partition coefficient (Wildman–Crippen LogP) is 4.87. The van der Waals surface area contributed by atoms with Gasteiger partial charge in [0, 0.05) is 16.1 Å². The van der Waals surface area contributed by atoms with E-state index in [-0.39, 0.29) is 32.6 Å². The van der Waals surface area contributed by atoms with Crippen LogP contribution in [-0.2, 0) is 6.18 Å². The number of phenolic OH excluding ortho intramolecular Hbond substituents is 1. The number of halogens is 5. The Morgan fingerprint density at radius 3 is 2.32 bits per heavy atom. The largest absolute Gasteiger partial charge is 0.506 e. The third-order valence-electron chi connectivity index (χ3n) is 3.22. The molecule has 0 heterocycles. The Hall–Kier alpha value is -2.25. The Labute approximate surface area is 150 Å². The van der Waals surface area contributed by atoms with Gasteiger partial charge in [-0.25, -0.2) is 5.43 Å². The maximum atomic E-state index is 12.5. The van der Waals surface area contributed by atoms with Gasteiger partial charge in [0.2, 0.25) is 0 Å². The quantitative estimate of drug-likeness (QED) is 0.579. The van der Waals surface area contributed by atoms with Crippen molar-refractivity contribution in [2.24, 2.45) is 5.10 Å². The third kappa shape index (κ3) is 4.64. The summed E-state index contributed by atoms with van der Waals surface area (Å²) in [5, 5.41) is 14.0. The Balaban J connectivity index is 2.17. The van der Waals surface area contributed by atoms with Crippen LogP contribution in [0, 0.1) is 0 Å². The zero-order valence-corrected chi connectivity index (χ0v) is 14.2. The molecule has 1 amide bonds. The van der Waals surface area contributed by atoms with Gasteiger partial charge in [0.15, 0.2) is 0 Å². The summed E-state index contributed by atoms with van der Waals surface area (Å²) < 4.78 is 37.5. The van der Waals surface area contributed by atoms with E-state index in [1.807, 2.05) is 0 Å². The SMILES string of the molecule is C/C(=N\NC(=O)c1ccc(C(F)(F)F)cc1)c1cc(Cl)cc(Cl)c1O. The molecule has 0 saturated heterocycles. The molecule has 2 aromatic rings. The normalized spacial score (nSPS) is 12.2. The molecular weight excluding hydrogens is 380 g/mol. The van der Waals surface area contributed by atoms with Crippen molar-refractivity contribution in [3.63, 3.8) is 0 Å². The van der Waals surface area contributed by atoms with Gasteiger partial charge in [-0.15, -0.1) is 0 Å². The van der Waals surface area contributed by atoms with Gasteiger partial charge in [0.25, 0.3) is 5.91 Å². The van der Waals surface area contributed by atoms with Gasteiger partial charge in [0.05, 0.1) is 16.3 Å². The fourth-order valence-electron chi connectivity index (χ4n) is 1.91. The zero-order chi connectivity index (χ0) is 18.8. The summed E-state index contributed by atoms with van der Waals surface area (Å²) in [6, 6.07) is 6.43. The molecule has 0 unspecified atom stereocenters. The van der Waals surface area contributed by atoms with Gasteiger partial charge < -0.3 is 5.11 Å². The molecule has 0 radical (unpaired) electrons. The van der Waals surface area contributed by atoms with E-state index in [9.17, 15) is 23.1 Å². The van der Waals surface area contributed by atoms with E-state index in [1.165, 1.54) is 19.1 Å². The minimum absolute atomic E-state index is 0.00195. The number of nitrogens with one attached hydrogen (secondary N) is 1. The van der Waals surface area contributed by atoms with E-state index >= 15 is 0 Å². The fraction of sp³-hybridized carbons (Fsp3) is 0.125. The Morgan fingerprint density at radius 1 is 1.16 bits per heavy atom. The van der Waals surface area contributed by atoms with E-state index in [2.05, 4.69) is 10.5 Å². The Bertz CT molecular complexity index is 835. The van der Waals surface area contributed by atoms with Crippen LogP contribution in [0.1, 0.15) is 28.4 Å². The van der Waals surface area contributed by atoms with E-state index in [0.29, 0.717) is 0 Å². The summed E-state index contributed by atoms with van der Waals surface area (Å²) in [7, 11) is 0. The number of hydrogen-bond donors (Lipinski definition) is 2. The molecule has 9 heteroatoms. The second kappa shape index (κ2) is 7.33. The molecule has 0 fully saturated rings. The monoisotopic (exact) mass is 390 g/mol. The summed E-state index contributed by atoms with van der Waals surface area (Å²) >= 11 is 11.7.